The number of amides is 2. The van der Waals surface area contributed by atoms with Gasteiger partial charge in [-0.15, -0.1) is 11.3 Å². The van der Waals surface area contributed by atoms with E-state index >= 15 is 0 Å². The number of sulfone groups is 1. The Labute approximate surface area is 200 Å². The van der Waals surface area contributed by atoms with Crippen molar-refractivity contribution in [2.75, 3.05) is 47.6 Å². The largest absolute Gasteiger partial charge is 0.367 e. The normalized spacial score (nSPS) is 16.0. The van der Waals surface area contributed by atoms with Crippen LogP contribution in [0, 0.1) is 0 Å². The van der Waals surface area contributed by atoms with Crippen molar-refractivity contribution in [1.82, 2.24) is 15.3 Å². The van der Waals surface area contributed by atoms with E-state index in [1.807, 2.05) is 6.07 Å². The molecule has 2 aliphatic rings. The lowest BCUT2D eigenvalue weighted by Crippen LogP contribution is -2.43. The van der Waals surface area contributed by atoms with Gasteiger partial charge in [-0.3, -0.25) is 19.5 Å². The zero-order valence-corrected chi connectivity index (χ0v) is 19.9. The summed E-state index contributed by atoms with van der Waals surface area (Å²) in [5, 5.41) is 8.17. The summed E-state index contributed by atoms with van der Waals surface area (Å²) >= 11 is 1.18. The molecule has 3 aromatic rings. The van der Waals surface area contributed by atoms with Crippen molar-refractivity contribution < 1.29 is 18.0 Å². The minimum absolute atomic E-state index is 0.164. The van der Waals surface area contributed by atoms with Crippen LogP contribution in [0.1, 0.15) is 26.4 Å². The van der Waals surface area contributed by atoms with Crippen LogP contribution in [-0.4, -0.2) is 62.6 Å². The lowest BCUT2D eigenvalue weighted by Gasteiger charge is -2.30. The molecule has 2 N–H and O–H groups in total. The molecule has 0 saturated carbocycles. The number of piperazine rings is 1. The van der Waals surface area contributed by atoms with Crippen LogP contribution < -0.4 is 20.4 Å². The van der Waals surface area contributed by atoms with Crippen molar-refractivity contribution in [2.45, 2.75) is 11.4 Å². The molecule has 10 nitrogen and oxygen atoms in total. The molecule has 1 aromatic carbocycles. The van der Waals surface area contributed by atoms with E-state index in [-0.39, 0.29) is 23.0 Å². The monoisotopic (exact) mass is 498 g/mol. The van der Waals surface area contributed by atoms with Crippen LogP contribution in [0.4, 0.5) is 16.5 Å². The molecule has 12 heteroatoms. The van der Waals surface area contributed by atoms with E-state index in [0.717, 1.165) is 38.1 Å². The highest BCUT2D eigenvalue weighted by molar-refractivity contribution is 7.90. The van der Waals surface area contributed by atoms with Crippen molar-refractivity contribution >= 4 is 49.5 Å². The van der Waals surface area contributed by atoms with Crippen molar-refractivity contribution in [3.63, 3.8) is 0 Å². The molecule has 176 valence electrons. The van der Waals surface area contributed by atoms with E-state index in [1.165, 1.54) is 34.4 Å². The Bertz CT molecular complexity index is 1380. The second-order valence-electron chi connectivity index (χ2n) is 8.08. The maximum Gasteiger partial charge on any atom is 0.275 e. The molecule has 4 heterocycles. The summed E-state index contributed by atoms with van der Waals surface area (Å²) in [7, 11) is -3.38. The topological polar surface area (TPSA) is 125 Å². The standard InChI is InChI=1S/C22H22N6O4S2/c1-34(31,32)15-2-3-16-14(10-15)12-28(21(16)30)22-26-18(13-33-22)20(29)25-17-11-24-5-4-19(17)27-8-6-23-7-9-27/h2-5,10-11,13,23H,6-9,12H2,1H3,(H,25,29). The highest BCUT2D eigenvalue weighted by Crippen LogP contribution is 2.32. The van der Waals surface area contributed by atoms with Gasteiger partial charge in [-0.05, 0) is 29.8 Å². The number of anilines is 3. The Morgan fingerprint density at radius 2 is 2.00 bits per heavy atom. The number of hydrogen-bond donors (Lipinski definition) is 2. The molecule has 2 amide bonds. The van der Waals surface area contributed by atoms with Gasteiger partial charge < -0.3 is 15.5 Å². The molecule has 0 unspecified atom stereocenters. The number of rotatable bonds is 5. The third-order valence-electron chi connectivity index (χ3n) is 5.77. The number of nitrogens with zero attached hydrogens (tertiary/aromatic N) is 4. The molecule has 0 radical (unpaired) electrons. The number of pyridine rings is 1. The highest BCUT2D eigenvalue weighted by Gasteiger charge is 2.32. The molecule has 2 aliphatic heterocycles. The van der Waals surface area contributed by atoms with E-state index in [1.54, 1.807) is 17.8 Å². The first-order valence-electron chi connectivity index (χ1n) is 10.6. The van der Waals surface area contributed by atoms with Gasteiger partial charge in [-0.1, -0.05) is 0 Å². The summed E-state index contributed by atoms with van der Waals surface area (Å²) in [6, 6.07) is 6.34. The van der Waals surface area contributed by atoms with Gasteiger partial charge in [0, 0.05) is 49.6 Å². The number of carbonyl (C=O) groups is 2. The van der Waals surface area contributed by atoms with Gasteiger partial charge in [0.15, 0.2) is 15.0 Å². The number of carbonyl (C=O) groups excluding carboxylic acids is 2. The summed E-state index contributed by atoms with van der Waals surface area (Å²) in [5.74, 6) is -0.667. The molecule has 2 aromatic heterocycles. The Hall–Kier alpha value is -3.35. The number of fused-ring (bicyclic) bond motifs is 1. The van der Waals surface area contributed by atoms with Gasteiger partial charge in [-0.25, -0.2) is 13.4 Å². The summed E-state index contributed by atoms with van der Waals surface area (Å²) in [6.45, 7) is 3.58. The Balaban J connectivity index is 1.34. The predicted molar refractivity (Wildman–Crippen MR) is 129 cm³/mol. The van der Waals surface area contributed by atoms with Crippen molar-refractivity contribution in [3.8, 4) is 0 Å². The van der Waals surface area contributed by atoms with Gasteiger partial charge in [-0.2, -0.15) is 0 Å². The van der Waals surface area contributed by atoms with Crippen molar-refractivity contribution in [3.05, 3.63) is 58.9 Å². The van der Waals surface area contributed by atoms with Gasteiger partial charge in [0.05, 0.1) is 29.0 Å². The number of aromatic nitrogens is 2. The first kappa shape index (κ1) is 22.4. The molecule has 5 rings (SSSR count). The Morgan fingerprint density at radius 1 is 1.21 bits per heavy atom. The van der Waals surface area contributed by atoms with E-state index in [4.69, 9.17) is 0 Å². The second-order valence-corrected chi connectivity index (χ2v) is 10.9. The quantitative estimate of drug-likeness (QED) is 0.545. The van der Waals surface area contributed by atoms with E-state index < -0.39 is 15.7 Å². The van der Waals surface area contributed by atoms with Gasteiger partial charge in [0.2, 0.25) is 0 Å². The van der Waals surface area contributed by atoms with E-state index in [2.05, 4.69) is 25.5 Å². The fourth-order valence-electron chi connectivity index (χ4n) is 4.03. The van der Waals surface area contributed by atoms with Gasteiger partial charge in [0.1, 0.15) is 5.69 Å². The van der Waals surface area contributed by atoms with E-state index in [9.17, 15) is 18.0 Å². The third-order valence-corrected chi connectivity index (χ3v) is 7.74. The maximum atomic E-state index is 12.9. The molecule has 1 fully saturated rings. The average molecular weight is 499 g/mol. The molecule has 0 aliphatic carbocycles. The van der Waals surface area contributed by atoms with Crippen LogP contribution in [-0.2, 0) is 16.4 Å². The van der Waals surface area contributed by atoms with Crippen LogP contribution in [0.5, 0.6) is 0 Å². The zero-order valence-electron chi connectivity index (χ0n) is 18.3. The van der Waals surface area contributed by atoms with Gasteiger partial charge >= 0.3 is 0 Å². The van der Waals surface area contributed by atoms with Crippen LogP contribution in [0.25, 0.3) is 0 Å². The number of benzene rings is 1. The maximum absolute atomic E-state index is 12.9. The second kappa shape index (κ2) is 8.78. The molecule has 0 bridgehead atoms. The van der Waals surface area contributed by atoms with Crippen molar-refractivity contribution in [1.29, 1.82) is 0 Å². The Kier molecular flexibility index (Phi) is 5.80. The number of hydrogen-bond acceptors (Lipinski definition) is 9. The third kappa shape index (κ3) is 4.27. The fraction of sp³-hybridized carbons (Fsp3) is 0.273. The first-order chi connectivity index (χ1) is 16.3. The van der Waals surface area contributed by atoms with Crippen molar-refractivity contribution in [2.24, 2.45) is 0 Å². The number of nitrogens with one attached hydrogen (secondary N) is 2. The highest BCUT2D eigenvalue weighted by atomic mass is 32.2. The SMILES string of the molecule is CS(=O)(=O)c1ccc2c(c1)CN(c1nc(C(=O)Nc3cnccc3N3CCNCC3)cs1)C2=O. The molecule has 34 heavy (non-hydrogen) atoms. The fourth-order valence-corrected chi connectivity index (χ4v) is 5.50. The van der Waals surface area contributed by atoms with E-state index in [0.29, 0.717) is 21.9 Å². The summed E-state index contributed by atoms with van der Waals surface area (Å²) in [5.41, 5.74) is 2.74. The minimum Gasteiger partial charge on any atom is -0.367 e. The van der Waals surface area contributed by atoms with Crippen LogP contribution >= 0.6 is 11.3 Å². The van der Waals surface area contributed by atoms with Gasteiger partial charge in [0.25, 0.3) is 11.8 Å². The van der Waals surface area contributed by atoms with Crippen LogP contribution in [0.15, 0.2) is 46.9 Å². The van der Waals surface area contributed by atoms with Crippen LogP contribution in [0.3, 0.4) is 0 Å². The minimum atomic E-state index is -3.38. The molecule has 1 saturated heterocycles. The lowest BCUT2D eigenvalue weighted by atomic mass is 10.1. The average Bonchev–Trinajstić information content (AvgIpc) is 3.44. The molecule has 0 spiro atoms. The molecule has 0 atom stereocenters. The summed E-state index contributed by atoms with van der Waals surface area (Å²) in [6.07, 6.45) is 4.44. The lowest BCUT2D eigenvalue weighted by molar-refractivity contribution is 0.0991. The molecular formula is C22H22N6O4S2. The Morgan fingerprint density at radius 3 is 2.76 bits per heavy atom. The summed E-state index contributed by atoms with van der Waals surface area (Å²) < 4.78 is 23.7. The zero-order chi connectivity index (χ0) is 23.9. The summed E-state index contributed by atoms with van der Waals surface area (Å²) in [4.78, 5) is 38.1. The predicted octanol–water partition coefficient (Wildman–Crippen LogP) is 1.76. The smallest absolute Gasteiger partial charge is 0.275 e. The molecular weight excluding hydrogens is 476 g/mol. The number of thiazole rings is 1. The van der Waals surface area contributed by atoms with Crippen LogP contribution in [0.2, 0.25) is 0 Å². The first-order valence-corrected chi connectivity index (χ1v) is 13.4.